The van der Waals surface area contributed by atoms with Gasteiger partial charge in [-0.3, -0.25) is 9.40 Å². The van der Waals surface area contributed by atoms with E-state index in [-0.39, 0.29) is 11.2 Å². The van der Waals surface area contributed by atoms with Gasteiger partial charge in [0.2, 0.25) is 10.0 Å². The summed E-state index contributed by atoms with van der Waals surface area (Å²) >= 11 is 0. The summed E-state index contributed by atoms with van der Waals surface area (Å²) in [6.45, 7) is 5.92. The van der Waals surface area contributed by atoms with Crippen molar-refractivity contribution in [1.29, 1.82) is 0 Å². The minimum Gasteiger partial charge on any atom is -0.361 e. The molecule has 1 N–H and O–H groups in total. The molecule has 2 aromatic rings. The smallest absolute Gasteiger partial charge is 0.238 e. The lowest BCUT2D eigenvalue weighted by atomic mass is 9.93. The Hall–Kier alpha value is -1.83. The maximum Gasteiger partial charge on any atom is 0.238 e. The molecule has 110 valence electrons. The molecule has 0 radical (unpaired) electrons. The second-order valence-corrected chi connectivity index (χ2v) is 7.42. The van der Waals surface area contributed by atoms with E-state index in [4.69, 9.17) is 4.52 Å². The number of hydrogen-bond acceptors (Lipinski definition) is 5. The molecule has 0 saturated carbocycles. The van der Waals surface area contributed by atoms with Crippen molar-refractivity contribution in [2.45, 2.75) is 31.9 Å². The Labute approximate surface area is 118 Å². The normalized spacial score (nSPS) is 12.6. The molecule has 0 spiro atoms. The summed E-state index contributed by atoms with van der Waals surface area (Å²) < 4.78 is 33.1. The fourth-order valence-corrected chi connectivity index (χ4v) is 2.68. The van der Waals surface area contributed by atoms with E-state index in [1.807, 2.05) is 20.8 Å². The Kier molecular flexibility index (Phi) is 3.59. The van der Waals surface area contributed by atoms with Crippen molar-refractivity contribution >= 4 is 15.7 Å². The third-order valence-electron chi connectivity index (χ3n) is 2.61. The summed E-state index contributed by atoms with van der Waals surface area (Å²) in [5, 5.41) is 7.70. The van der Waals surface area contributed by atoms with Crippen LogP contribution < -0.4 is 4.72 Å². The van der Waals surface area contributed by atoms with Gasteiger partial charge >= 0.3 is 0 Å². The van der Waals surface area contributed by atoms with Gasteiger partial charge in [0.05, 0.1) is 11.9 Å². The van der Waals surface area contributed by atoms with Crippen LogP contribution in [0.15, 0.2) is 23.0 Å². The summed E-state index contributed by atoms with van der Waals surface area (Å²) in [6, 6.07) is 1.67. The zero-order valence-electron chi connectivity index (χ0n) is 11.9. The zero-order valence-corrected chi connectivity index (χ0v) is 12.7. The highest BCUT2D eigenvalue weighted by atomic mass is 32.2. The van der Waals surface area contributed by atoms with E-state index in [9.17, 15) is 8.42 Å². The SMILES string of the molecule is Cn1cc(NS(=O)(=O)Cc2cc(C(C)(C)C)on2)cn1. The molecular weight excluding hydrogens is 280 g/mol. The summed E-state index contributed by atoms with van der Waals surface area (Å²) in [5.41, 5.74) is 0.601. The summed E-state index contributed by atoms with van der Waals surface area (Å²) in [5.74, 6) is 0.422. The molecule has 0 aromatic carbocycles. The first-order chi connectivity index (χ1) is 9.16. The van der Waals surface area contributed by atoms with Gasteiger partial charge in [0.25, 0.3) is 0 Å². The fourth-order valence-electron chi connectivity index (χ4n) is 1.62. The molecule has 2 heterocycles. The number of nitrogens with one attached hydrogen (secondary N) is 1. The largest absolute Gasteiger partial charge is 0.361 e. The molecule has 0 atom stereocenters. The average molecular weight is 298 g/mol. The second kappa shape index (κ2) is 4.93. The van der Waals surface area contributed by atoms with Crippen molar-refractivity contribution in [3.63, 3.8) is 0 Å². The molecular formula is C12H18N4O3S. The highest BCUT2D eigenvalue weighted by molar-refractivity contribution is 7.91. The summed E-state index contributed by atoms with van der Waals surface area (Å²) in [4.78, 5) is 0. The van der Waals surface area contributed by atoms with Crippen LogP contribution in [0.25, 0.3) is 0 Å². The van der Waals surface area contributed by atoms with Crippen molar-refractivity contribution in [2.75, 3.05) is 4.72 Å². The van der Waals surface area contributed by atoms with Crippen molar-refractivity contribution in [3.8, 4) is 0 Å². The standard InChI is InChI=1S/C12H18N4O3S/c1-12(2,3)11-5-9(14-19-11)8-20(17,18)15-10-6-13-16(4)7-10/h5-7,15H,8H2,1-4H3. The van der Waals surface area contributed by atoms with E-state index in [0.717, 1.165) is 0 Å². The van der Waals surface area contributed by atoms with Crippen LogP contribution in [-0.4, -0.2) is 23.4 Å². The van der Waals surface area contributed by atoms with E-state index in [1.165, 1.54) is 10.9 Å². The lowest BCUT2D eigenvalue weighted by molar-refractivity contribution is 0.327. The molecule has 2 rings (SSSR count). The lowest BCUT2D eigenvalue weighted by Crippen LogP contribution is -2.15. The summed E-state index contributed by atoms with van der Waals surface area (Å²) in [7, 11) is -1.82. The van der Waals surface area contributed by atoms with E-state index in [1.54, 1.807) is 19.3 Å². The number of anilines is 1. The Bertz CT molecular complexity index is 694. The van der Waals surface area contributed by atoms with Gasteiger partial charge in [0.15, 0.2) is 0 Å². The van der Waals surface area contributed by atoms with Crippen LogP contribution in [0.3, 0.4) is 0 Å². The molecule has 0 aliphatic heterocycles. The average Bonchev–Trinajstić information content (AvgIpc) is 2.86. The number of hydrogen-bond donors (Lipinski definition) is 1. The minimum atomic E-state index is -3.53. The number of rotatable bonds is 4. The first kappa shape index (κ1) is 14.6. The maximum absolute atomic E-state index is 12.0. The molecule has 0 saturated heterocycles. The van der Waals surface area contributed by atoms with Gasteiger partial charge in [-0.05, 0) is 0 Å². The third kappa shape index (κ3) is 3.60. The van der Waals surface area contributed by atoms with Crippen LogP contribution in [-0.2, 0) is 28.2 Å². The summed E-state index contributed by atoms with van der Waals surface area (Å²) in [6.07, 6.45) is 3.03. The maximum atomic E-state index is 12.0. The van der Waals surface area contributed by atoms with E-state index >= 15 is 0 Å². The van der Waals surface area contributed by atoms with E-state index < -0.39 is 10.0 Å². The highest BCUT2D eigenvalue weighted by Crippen LogP contribution is 2.23. The lowest BCUT2D eigenvalue weighted by Gasteiger charge is -2.12. The zero-order chi connectivity index (χ0) is 15.0. The van der Waals surface area contributed by atoms with E-state index in [2.05, 4.69) is 15.0 Å². The number of sulfonamides is 1. The van der Waals surface area contributed by atoms with Crippen molar-refractivity contribution in [1.82, 2.24) is 14.9 Å². The first-order valence-corrected chi connectivity index (χ1v) is 7.76. The molecule has 0 fully saturated rings. The number of nitrogens with zero attached hydrogens (tertiary/aromatic N) is 3. The molecule has 8 heteroatoms. The van der Waals surface area contributed by atoms with Gasteiger partial charge in [-0.1, -0.05) is 25.9 Å². The molecule has 0 unspecified atom stereocenters. The van der Waals surface area contributed by atoms with Gasteiger partial charge in [-0.15, -0.1) is 0 Å². The predicted molar refractivity (Wildman–Crippen MR) is 74.7 cm³/mol. The number of aromatic nitrogens is 3. The molecule has 0 aliphatic rings. The first-order valence-electron chi connectivity index (χ1n) is 6.11. The van der Waals surface area contributed by atoms with Crippen LogP contribution in [0.2, 0.25) is 0 Å². The molecule has 20 heavy (non-hydrogen) atoms. The van der Waals surface area contributed by atoms with Crippen molar-refractivity contribution in [2.24, 2.45) is 7.05 Å². The molecule has 0 aliphatic carbocycles. The molecule has 0 bridgehead atoms. The Morgan fingerprint density at radius 1 is 1.40 bits per heavy atom. The topological polar surface area (TPSA) is 90.0 Å². The Morgan fingerprint density at radius 3 is 2.60 bits per heavy atom. The Balaban J connectivity index is 2.10. The monoisotopic (exact) mass is 298 g/mol. The number of aryl methyl sites for hydroxylation is 1. The minimum absolute atomic E-state index is 0.203. The highest BCUT2D eigenvalue weighted by Gasteiger charge is 2.22. The van der Waals surface area contributed by atoms with Gasteiger partial charge in [0.1, 0.15) is 17.2 Å². The van der Waals surface area contributed by atoms with Gasteiger partial charge in [0, 0.05) is 24.7 Å². The molecule has 0 amide bonds. The molecule has 2 aromatic heterocycles. The van der Waals surface area contributed by atoms with Crippen LogP contribution in [0.1, 0.15) is 32.2 Å². The van der Waals surface area contributed by atoms with Crippen LogP contribution in [0.5, 0.6) is 0 Å². The van der Waals surface area contributed by atoms with Crippen LogP contribution in [0, 0.1) is 0 Å². The Morgan fingerprint density at radius 2 is 2.10 bits per heavy atom. The molecule has 7 nitrogen and oxygen atoms in total. The van der Waals surface area contributed by atoms with Gasteiger partial charge in [-0.25, -0.2) is 8.42 Å². The predicted octanol–water partition coefficient (Wildman–Crippen LogP) is 1.65. The van der Waals surface area contributed by atoms with Crippen molar-refractivity contribution < 1.29 is 12.9 Å². The van der Waals surface area contributed by atoms with Crippen molar-refractivity contribution in [3.05, 3.63) is 29.9 Å². The van der Waals surface area contributed by atoms with Gasteiger partial charge < -0.3 is 4.52 Å². The fraction of sp³-hybridized carbons (Fsp3) is 0.500. The van der Waals surface area contributed by atoms with Crippen LogP contribution >= 0.6 is 0 Å². The second-order valence-electron chi connectivity index (χ2n) is 5.70. The third-order valence-corrected chi connectivity index (χ3v) is 3.84. The quantitative estimate of drug-likeness (QED) is 0.926. The van der Waals surface area contributed by atoms with Crippen LogP contribution in [0.4, 0.5) is 5.69 Å². The van der Waals surface area contributed by atoms with E-state index in [0.29, 0.717) is 17.1 Å². The van der Waals surface area contributed by atoms with Gasteiger partial charge in [-0.2, -0.15) is 5.10 Å².